The highest BCUT2D eigenvalue weighted by Gasteiger charge is 2.33. The number of piperidine rings is 1. The van der Waals surface area contributed by atoms with E-state index in [9.17, 15) is 4.79 Å². The summed E-state index contributed by atoms with van der Waals surface area (Å²) in [5, 5.41) is 0. The lowest BCUT2D eigenvalue weighted by Gasteiger charge is -2.37. The monoisotopic (exact) mass is 299 g/mol. The van der Waals surface area contributed by atoms with E-state index in [1.807, 2.05) is 11.0 Å². The summed E-state index contributed by atoms with van der Waals surface area (Å²) in [6, 6.07) is 6.53. The third-order valence-corrected chi connectivity index (χ3v) is 4.77. The van der Waals surface area contributed by atoms with Crippen LogP contribution >= 0.6 is 0 Å². The molecule has 1 fully saturated rings. The standard InChI is InChI=1S/C19H25NO2/c1-3-4-14-6-10-18-16(11-14)7-9-17-8-5-15(13-22-2)12-20(17)19(18)21/h6-7,9-11,15,17H,3-5,8,12-13H2,1-2H3. The minimum Gasteiger partial charge on any atom is -0.384 e. The molecule has 1 amide bonds. The molecule has 1 saturated heterocycles. The van der Waals surface area contributed by atoms with Gasteiger partial charge in [0.25, 0.3) is 5.91 Å². The van der Waals surface area contributed by atoms with E-state index in [1.54, 1.807) is 7.11 Å². The van der Waals surface area contributed by atoms with Gasteiger partial charge in [0.15, 0.2) is 0 Å². The number of aryl methyl sites for hydroxylation is 1. The minimum absolute atomic E-state index is 0.175. The molecule has 0 N–H and O–H groups in total. The Morgan fingerprint density at radius 1 is 1.32 bits per heavy atom. The van der Waals surface area contributed by atoms with Gasteiger partial charge in [-0.2, -0.15) is 0 Å². The Hall–Kier alpha value is -1.61. The van der Waals surface area contributed by atoms with Crippen LogP contribution in [0.5, 0.6) is 0 Å². The van der Waals surface area contributed by atoms with Crippen LogP contribution in [0.3, 0.4) is 0 Å². The molecule has 0 saturated carbocycles. The number of rotatable bonds is 4. The van der Waals surface area contributed by atoms with E-state index in [0.29, 0.717) is 5.92 Å². The first-order chi connectivity index (χ1) is 10.7. The molecule has 1 aromatic rings. The highest BCUT2D eigenvalue weighted by molar-refractivity contribution is 5.99. The zero-order chi connectivity index (χ0) is 15.5. The van der Waals surface area contributed by atoms with Crippen molar-refractivity contribution in [3.8, 4) is 0 Å². The lowest BCUT2D eigenvalue weighted by molar-refractivity contribution is 0.0479. The van der Waals surface area contributed by atoms with Gasteiger partial charge in [-0.1, -0.05) is 37.6 Å². The molecular weight excluding hydrogens is 274 g/mol. The maximum absolute atomic E-state index is 12.9. The number of ether oxygens (including phenoxy) is 1. The predicted octanol–water partition coefficient (Wildman–Crippen LogP) is 3.53. The number of fused-ring (bicyclic) bond motifs is 2. The number of benzene rings is 1. The van der Waals surface area contributed by atoms with Gasteiger partial charge < -0.3 is 9.64 Å². The van der Waals surface area contributed by atoms with Gasteiger partial charge in [0.05, 0.1) is 12.6 Å². The zero-order valence-corrected chi connectivity index (χ0v) is 13.5. The number of amides is 1. The zero-order valence-electron chi connectivity index (χ0n) is 13.5. The van der Waals surface area contributed by atoms with Gasteiger partial charge in [0, 0.05) is 19.2 Å². The summed E-state index contributed by atoms with van der Waals surface area (Å²) in [7, 11) is 1.74. The molecule has 2 atom stereocenters. The summed E-state index contributed by atoms with van der Waals surface area (Å²) in [6.07, 6.45) is 8.72. The van der Waals surface area contributed by atoms with Crippen molar-refractivity contribution in [1.82, 2.24) is 4.90 Å². The summed E-state index contributed by atoms with van der Waals surface area (Å²) in [6.45, 7) is 3.73. The Bertz CT molecular complexity index is 579. The third kappa shape index (κ3) is 2.95. The first kappa shape index (κ1) is 15.3. The van der Waals surface area contributed by atoms with Crippen molar-refractivity contribution >= 4 is 12.0 Å². The van der Waals surface area contributed by atoms with Gasteiger partial charge in [-0.05, 0) is 42.4 Å². The normalized spacial score (nSPS) is 23.9. The van der Waals surface area contributed by atoms with Crippen LogP contribution in [0, 0.1) is 5.92 Å². The van der Waals surface area contributed by atoms with Gasteiger partial charge >= 0.3 is 0 Å². The maximum atomic E-state index is 12.9. The molecule has 3 rings (SSSR count). The Balaban J connectivity index is 1.88. The summed E-state index contributed by atoms with van der Waals surface area (Å²) in [4.78, 5) is 15.0. The third-order valence-electron chi connectivity index (χ3n) is 4.77. The minimum atomic E-state index is 0.175. The van der Waals surface area contributed by atoms with Crippen LogP contribution in [-0.4, -0.2) is 37.1 Å². The lowest BCUT2D eigenvalue weighted by atomic mass is 9.93. The molecule has 3 heteroatoms. The first-order valence-corrected chi connectivity index (χ1v) is 8.34. The Morgan fingerprint density at radius 3 is 2.95 bits per heavy atom. The fourth-order valence-corrected chi connectivity index (χ4v) is 3.63. The summed E-state index contributed by atoms with van der Waals surface area (Å²) < 4.78 is 5.28. The number of carbonyl (C=O) groups excluding carboxylic acids is 1. The molecule has 2 aliphatic heterocycles. The van der Waals surface area contributed by atoms with Gasteiger partial charge in [-0.25, -0.2) is 0 Å². The number of nitrogens with zero attached hydrogens (tertiary/aromatic N) is 1. The molecule has 2 heterocycles. The van der Waals surface area contributed by atoms with E-state index in [4.69, 9.17) is 4.74 Å². The smallest absolute Gasteiger partial charge is 0.254 e. The molecule has 2 unspecified atom stereocenters. The summed E-state index contributed by atoms with van der Waals surface area (Å²) in [5.41, 5.74) is 3.24. The summed E-state index contributed by atoms with van der Waals surface area (Å²) >= 11 is 0. The van der Waals surface area contributed by atoms with Crippen molar-refractivity contribution in [3.05, 3.63) is 41.0 Å². The van der Waals surface area contributed by atoms with Crippen molar-refractivity contribution in [2.24, 2.45) is 5.92 Å². The van der Waals surface area contributed by atoms with Crippen LogP contribution in [0.15, 0.2) is 24.3 Å². The van der Waals surface area contributed by atoms with Crippen LogP contribution in [-0.2, 0) is 11.2 Å². The maximum Gasteiger partial charge on any atom is 0.254 e. The van der Waals surface area contributed by atoms with Gasteiger partial charge in [0.2, 0.25) is 0 Å². The molecule has 1 aromatic carbocycles. The SMILES string of the molecule is CCCc1ccc2c(c1)C=CC1CCC(COC)CN1C2=O. The largest absolute Gasteiger partial charge is 0.384 e. The topological polar surface area (TPSA) is 29.5 Å². The molecular formula is C19H25NO2. The molecule has 0 bridgehead atoms. The molecule has 2 aliphatic rings. The summed E-state index contributed by atoms with van der Waals surface area (Å²) in [5.74, 6) is 0.633. The Kier molecular flexibility index (Phi) is 4.63. The van der Waals surface area contributed by atoms with Crippen molar-refractivity contribution in [2.75, 3.05) is 20.3 Å². The number of methoxy groups -OCH3 is 1. The van der Waals surface area contributed by atoms with Crippen molar-refractivity contribution < 1.29 is 9.53 Å². The van der Waals surface area contributed by atoms with Crippen molar-refractivity contribution in [3.63, 3.8) is 0 Å². The van der Waals surface area contributed by atoms with Crippen LogP contribution in [0.2, 0.25) is 0 Å². The Labute approximate surface area is 133 Å². The van der Waals surface area contributed by atoms with Gasteiger partial charge in [-0.3, -0.25) is 4.79 Å². The predicted molar refractivity (Wildman–Crippen MR) is 88.9 cm³/mol. The van der Waals surface area contributed by atoms with E-state index in [2.05, 4.69) is 31.2 Å². The van der Waals surface area contributed by atoms with Crippen LogP contribution in [0.4, 0.5) is 0 Å². The molecule has 0 spiro atoms. The average Bonchev–Trinajstić information content (AvgIpc) is 2.66. The number of hydrogen-bond acceptors (Lipinski definition) is 2. The van der Waals surface area contributed by atoms with Crippen LogP contribution in [0.25, 0.3) is 6.08 Å². The van der Waals surface area contributed by atoms with E-state index >= 15 is 0 Å². The molecule has 0 radical (unpaired) electrons. The highest BCUT2D eigenvalue weighted by atomic mass is 16.5. The fraction of sp³-hybridized carbons (Fsp3) is 0.526. The van der Waals surface area contributed by atoms with Gasteiger partial charge in [0.1, 0.15) is 0 Å². The van der Waals surface area contributed by atoms with E-state index in [0.717, 1.165) is 50.0 Å². The second-order valence-electron chi connectivity index (χ2n) is 6.45. The number of hydrogen-bond donors (Lipinski definition) is 0. The van der Waals surface area contributed by atoms with Crippen LogP contribution in [0.1, 0.15) is 47.7 Å². The second-order valence-corrected chi connectivity index (χ2v) is 6.45. The first-order valence-electron chi connectivity index (χ1n) is 8.34. The van der Waals surface area contributed by atoms with Crippen molar-refractivity contribution in [2.45, 2.75) is 38.6 Å². The molecule has 3 nitrogen and oxygen atoms in total. The average molecular weight is 299 g/mol. The quantitative estimate of drug-likeness (QED) is 0.851. The highest BCUT2D eigenvalue weighted by Crippen LogP contribution is 2.29. The molecule has 0 aliphatic carbocycles. The second kappa shape index (κ2) is 6.66. The van der Waals surface area contributed by atoms with Crippen LogP contribution < -0.4 is 0 Å². The Morgan fingerprint density at radius 2 is 2.18 bits per heavy atom. The van der Waals surface area contributed by atoms with Crippen molar-refractivity contribution in [1.29, 1.82) is 0 Å². The lowest BCUT2D eigenvalue weighted by Crippen LogP contribution is -2.46. The molecule has 118 valence electrons. The molecule has 22 heavy (non-hydrogen) atoms. The van der Waals surface area contributed by atoms with E-state index < -0.39 is 0 Å². The van der Waals surface area contributed by atoms with Gasteiger partial charge in [-0.15, -0.1) is 0 Å². The van der Waals surface area contributed by atoms with E-state index in [1.165, 1.54) is 5.56 Å². The fourth-order valence-electron chi connectivity index (χ4n) is 3.63. The number of carbonyl (C=O) groups is 1. The van der Waals surface area contributed by atoms with E-state index in [-0.39, 0.29) is 11.9 Å². The molecule has 0 aromatic heterocycles.